The van der Waals surface area contributed by atoms with Gasteiger partial charge in [0.25, 0.3) is 0 Å². The molecular formula is C17H22F3NO3. The van der Waals surface area contributed by atoms with E-state index in [1.165, 1.54) is 6.07 Å². The molecule has 24 heavy (non-hydrogen) atoms. The predicted octanol–water partition coefficient (Wildman–Crippen LogP) is 2.81. The second kappa shape index (κ2) is 7.53. The van der Waals surface area contributed by atoms with E-state index in [1.54, 1.807) is 17.9 Å². The first-order chi connectivity index (χ1) is 11.2. The van der Waals surface area contributed by atoms with Gasteiger partial charge in [-0.25, -0.2) is 0 Å². The first-order valence-electron chi connectivity index (χ1n) is 7.91. The van der Waals surface area contributed by atoms with Crippen LogP contribution >= 0.6 is 0 Å². The smallest absolute Gasteiger partial charge is 0.394 e. The highest BCUT2D eigenvalue weighted by atomic mass is 19.4. The van der Waals surface area contributed by atoms with Gasteiger partial charge >= 0.3 is 6.18 Å². The summed E-state index contributed by atoms with van der Waals surface area (Å²) in [4.78, 5) is 14.1. The van der Waals surface area contributed by atoms with Gasteiger partial charge in [0.05, 0.1) is 30.9 Å². The summed E-state index contributed by atoms with van der Waals surface area (Å²) >= 11 is 0. The minimum atomic E-state index is -4.40. The van der Waals surface area contributed by atoms with E-state index in [0.717, 1.165) is 12.1 Å². The molecule has 4 nitrogen and oxygen atoms in total. The lowest BCUT2D eigenvalue weighted by Gasteiger charge is -2.38. The van der Waals surface area contributed by atoms with E-state index in [0.29, 0.717) is 18.7 Å². The van der Waals surface area contributed by atoms with Crippen LogP contribution in [0.1, 0.15) is 37.3 Å². The Morgan fingerprint density at radius 3 is 2.79 bits per heavy atom. The number of benzene rings is 1. The molecule has 0 bridgehead atoms. The van der Waals surface area contributed by atoms with Crippen LogP contribution in [-0.2, 0) is 15.7 Å². The number of carbonyl (C=O) groups is 1. The van der Waals surface area contributed by atoms with Crippen molar-refractivity contribution < 1.29 is 27.8 Å². The Labute approximate surface area is 139 Å². The largest absolute Gasteiger partial charge is 0.416 e. The number of amides is 1. The fourth-order valence-electron chi connectivity index (χ4n) is 2.79. The number of halogens is 3. The third-order valence-corrected chi connectivity index (χ3v) is 4.29. The number of rotatable bonds is 4. The van der Waals surface area contributed by atoms with Crippen LogP contribution in [0.25, 0.3) is 0 Å². The quantitative estimate of drug-likeness (QED) is 0.913. The molecule has 0 saturated carbocycles. The van der Waals surface area contributed by atoms with Gasteiger partial charge in [0.1, 0.15) is 0 Å². The predicted molar refractivity (Wildman–Crippen MR) is 82.5 cm³/mol. The summed E-state index contributed by atoms with van der Waals surface area (Å²) in [6.07, 6.45) is -4.69. The molecule has 0 aliphatic carbocycles. The lowest BCUT2D eigenvalue weighted by atomic mass is 9.95. The van der Waals surface area contributed by atoms with Crippen LogP contribution < -0.4 is 0 Å². The van der Waals surface area contributed by atoms with Crippen LogP contribution in [0.3, 0.4) is 0 Å². The Balaban J connectivity index is 2.06. The van der Waals surface area contributed by atoms with Gasteiger partial charge in [0, 0.05) is 13.0 Å². The Hall–Kier alpha value is -1.60. The van der Waals surface area contributed by atoms with Crippen molar-refractivity contribution in [3.8, 4) is 0 Å². The number of alkyl halides is 3. The van der Waals surface area contributed by atoms with Gasteiger partial charge in [-0.2, -0.15) is 13.2 Å². The Bertz CT molecular complexity index is 576. The Morgan fingerprint density at radius 2 is 2.17 bits per heavy atom. The average molecular weight is 345 g/mol. The van der Waals surface area contributed by atoms with E-state index >= 15 is 0 Å². The van der Waals surface area contributed by atoms with Crippen LogP contribution in [0.2, 0.25) is 0 Å². The molecule has 1 aromatic carbocycles. The fraction of sp³-hybridized carbons (Fsp3) is 0.588. The van der Waals surface area contributed by atoms with Crippen LogP contribution in [0.4, 0.5) is 13.2 Å². The summed E-state index contributed by atoms with van der Waals surface area (Å²) in [6.45, 7) is 4.06. The molecule has 7 heteroatoms. The Kier molecular flexibility index (Phi) is 5.87. The van der Waals surface area contributed by atoms with Gasteiger partial charge in [0.2, 0.25) is 5.91 Å². The fourth-order valence-corrected chi connectivity index (χ4v) is 2.79. The highest BCUT2D eigenvalue weighted by molar-refractivity contribution is 5.77. The number of aliphatic hydroxyl groups excluding tert-OH is 1. The molecule has 1 heterocycles. The number of aliphatic hydroxyl groups is 1. The summed E-state index contributed by atoms with van der Waals surface area (Å²) in [5.41, 5.74) is -0.225. The number of morpholine rings is 1. The highest BCUT2D eigenvalue weighted by Crippen LogP contribution is 2.32. The summed E-state index contributed by atoms with van der Waals surface area (Å²) in [5, 5.41) is 9.17. The van der Waals surface area contributed by atoms with Crippen molar-refractivity contribution in [2.45, 2.75) is 44.5 Å². The second-order valence-corrected chi connectivity index (χ2v) is 6.26. The maximum absolute atomic E-state index is 12.8. The zero-order chi connectivity index (χ0) is 17.9. The van der Waals surface area contributed by atoms with Crippen LogP contribution in [-0.4, -0.2) is 47.8 Å². The van der Waals surface area contributed by atoms with Gasteiger partial charge in [-0.1, -0.05) is 25.1 Å². The monoisotopic (exact) mass is 345 g/mol. The molecule has 0 aromatic heterocycles. The van der Waals surface area contributed by atoms with E-state index in [9.17, 15) is 23.1 Å². The van der Waals surface area contributed by atoms with Crippen molar-refractivity contribution >= 4 is 5.91 Å². The van der Waals surface area contributed by atoms with Gasteiger partial charge in [-0.15, -0.1) is 0 Å². The van der Waals surface area contributed by atoms with E-state index in [2.05, 4.69) is 0 Å². The molecule has 1 aliphatic rings. The molecule has 1 aliphatic heterocycles. The lowest BCUT2D eigenvalue weighted by Crippen LogP contribution is -2.52. The molecule has 0 spiro atoms. The molecular weight excluding hydrogens is 323 g/mol. The maximum Gasteiger partial charge on any atom is 0.416 e. The molecule has 3 unspecified atom stereocenters. The second-order valence-electron chi connectivity index (χ2n) is 6.26. The van der Waals surface area contributed by atoms with Gasteiger partial charge in [-0.05, 0) is 24.5 Å². The van der Waals surface area contributed by atoms with Crippen molar-refractivity contribution in [2.75, 3.05) is 19.8 Å². The molecule has 1 aromatic rings. The average Bonchev–Trinajstić information content (AvgIpc) is 2.54. The van der Waals surface area contributed by atoms with Gasteiger partial charge < -0.3 is 14.7 Å². The minimum absolute atomic E-state index is 0.115. The highest BCUT2D eigenvalue weighted by Gasteiger charge is 2.32. The SMILES string of the molecule is CC(CC(=O)N1CC(CO)OCC1C)c1cccc(C(F)(F)F)c1. The molecule has 3 atom stereocenters. The van der Waals surface area contributed by atoms with E-state index < -0.39 is 17.8 Å². The van der Waals surface area contributed by atoms with Crippen molar-refractivity contribution in [2.24, 2.45) is 0 Å². The molecule has 1 amide bonds. The number of nitrogens with zero attached hydrogens (tertiary/aromatic N) is 1. The van der Waals surface area contributed by atoms with Crippen molar-refractivity contribution in [1.29, 1.82) is 0 Å². The molecule has 1 saturated heterocycles. The van der Waals surface area contributed by atoms with Crippen LogP contribution in [0, 0.1) is 0 Å². The standard InChI is InChI=1S/C17H22F3NO3/c1-11(13-4-3-5-14(7-13)17(18,19)20)6-16(23)21-8-15(9-22)24-10-12(21)2/h3-5,7,11-12,15,22H,6,8-10H2,1-2H3. The lowest BCUT2D eigenvalue weighted by molar-refractivity contribution is -0.146. The molecule has 134 valence electrons. The van der Waals surface area contributed by atoms with Crippen LogP contribution in [0.5, 0.6) is 0 Å². The third kappa shape index (κ3) is 4.48. The maximum atomic E-state index is 12.8. The van der Waals surface area contributed by atoms with Crippen molar-refractivity contribution in [3.05, 3.63) is 35.4 Å². The van der Waals surface area contributed by atoms with E-state index in [1.807, 2.05) is 6.92 Å². The van der Waals surface area contributed by atoms with Crippen LogP contribution in [0.15, 0.2) is 24.3 Å². The third-order valence-electron chi connectivity index (χ3n) is 4.29. The zero-order valence-corrected chi connectivity index (χ0v) is 13.7. The summed E-state index contributed by atoms with van der Waals surface area (Å²) < 4.78 is 43.8. The topological polar surface area (TPSA) is 49.8 Å². The first-order valence-corrected chi connectivity index (χ1v) is 7.91. The van der Waals surface area contributed by atoms with E-state index in [-0.39, 0.29) is 30.9 Å². The minimum Gasteiger partial charge on any atom is -0.394 e. The number of ether oxygens (including phenoxy) is 1. The Morgan fingerprint density at radius 1 is 1.46 bits per heavy atom. The van der Waals surface area contributed by atoms with Gasteiger partial charge in [-0.3, -0.25) is 4.79 Å². The molecule has 0 radical (unpaired) electrons. The van der Waals surface area contributed by atoms with Crippen molar-refractivity contribution in [3.63, 3.8) is 0 Å². The summed E-state index contributed by atoms with van der Waals surface area (Å²) in [5.74, 6) is -0.475. The number of carbonyl (C=O) groups excluding carboxylic acids is 1. The van der Waals surface area contributed by atoms with Crippen molar-refractivity contribution in [1.82, 2.24) is 4.90 Å². The molecule has 1 N–H and O–H groups in total. The molecule has 1 fully saturated rings. The van der Waals surface area contributed by atoms with Gasteiger partial charge in [0.15, 0.2) is 0 Å². The number of hydrogen-bond donors (Lipinski definition) is 1. The number of hydrogen-bond acceptors (Lipinski definition) is 3. The van der Waals surface area contributed by atoms with E-state index in [4.69, 9.17) is 4.74 Å². The molecule has 2 rings (SSSR count). The summed E-state index contributed by atoms with van der Waals surface area (Å²) in [6, 6.07) is 4.96. The first kappa shape index (κ1) is 18.7. The zero-order valence-electron chi connectivity index (χ0n) is 13.7. The normalized spacial score (nSPS) is 23.2. The summed E-state index contributed by atoms with van der Waals surface area (Å²) in [7, 11) is 0.